The van der Waals surface area contributed by atoms with Crippen LogP contribution in [0.4, 0.5) is 5.69 Å². The Morgan fingerprint density at radius 2 is 1.67 bits per heavy atom. The van der Waals surface area contributed by atoms with Crippen LogP contribution in [-0.4, -0.2) is 55.8 Å². The summed E-state index contributed by atoms with van der Waals surface area (Å²) in [4.78, 5) is 12.8. The predicted octanol–water partition coefficient (Wildman–Crippen LogP) is 2.63. The number of aryl methyl sites for hydroxylation is 1. The molecule has 0 amide bonds. The van der Waals surface area contributed by atoms with Crippen molar-refractivity contribution in [2.24, 2.45) is 0 Å². The van der Waals surface area contributed by atoms with Gasteiger partial charge in [0.15, 0.2) is 0 Å². The van der Waals surface area contributed by atoms with Gasteiger partial charge >= 0.3 is 5.69 Å². The zero-order valence-electron chi connectivity index (χ0n) is 15.2. The van der Waals surface area contributed by atoms with Crippen LogP contribution in [0, 0.1) is 17.0 Å². The highest BCUT2D eigenvalue weighted by Gasteiger charge is 2.30. The van der Waals surface area contributed by atoms with Crippen molar-refractivity contribution in [3.8, 4) is 11.5 Å². The second-order valence-corrected chi connectivity index (χ2v) is 8.45. The Labute approximate surface area is 158 Å². The Kier molecular flexibility index (Phi) is 5.45. The van der Waals surface area contributed by atoms with E-state index in [0.29, 0.717) is 31.9 Å². The van der Waals surface area contributed by atoms with E-state index < -0.39 is 14.9 Å². The van der Waals surface area contributed by atoms with E-state index >= 15 is 0 Å². The zero-order chi connectivity index (χ0) is 19.6. The van der Waals surface area contributed by atoms with Crippen LogP contribution in [0.2, 0.25) is 0 Å². The van der Waals surface area contributed by atoms with Gasteiger partial charge in [0.05, 0.1) is 9.82 Å². The molecule has 1 saturated heterocycles. The maximum Gasteiger partial charge on any atom is 0.312 e. The summed E-state index contributed by atoms with van der Waals surface area (Å²) in [5.74, 6) is 0.444. The standard InChI is InChI=1S/C18H21N3O5S/c1-14-3-5-15(6-4-14)26-18-8-7-16(13-17(18)21(22)23)27(24,25)20-11-9-19(2)10-12-20/h3-8,13H,9-12H2,1-2H3. The summed E-state index contributed by atoms with van der Waals surface area (Å²) in [6, 6.07) is 10.8. The highest BCUT2D eigenvalue weighted by Crippen LogP contribution is 2.34. The molecule has 1 aliphatic rings. The topological polar surface area (TPSA) is 93.0 Å². The fraction of sp³-hybridized carbons (Fsp3) is 0.333. The molecule has 0 atom stereocenters. The van der Waals surface area contributed by atoms with E-state index in [9.17, 15) is 18.5 Å². The Hall–Kier alpha value is -2.49. The fourth-order valence-corrected chi connectivity index (χ4v) is 4.24. The van der Waals surface area contributed by atoms with Crippen molar-refractivity contribution in [2.75, 3.05) is 33.2 Å². The van der Waals surface area contributed by atoms with Crippen LogP contribution in [0.15, 0.2) is 47.4 Å². The van der Waals surface area contributed by atoms with Crippen LogP contribution in [0.5, 0.6) is 11.5 Å². The number of hydrogen-bond donors (Lipinski definition) is 0. The van der Waals surface area contributed by atoms with Crippen LogP contribution in [0.3, 0.4) is 0 Å². The van der Waals surface area contributed by atoms with Crippen molar-refractivity contribution in [3.05, 3.63) is 58.1 Å². The van der Waals surface area contributed by atoms with Gasteiger partial charge in [-0.25, -0.2) is 8.42 Å². The van der Waals surface area contributed by atoms with Gasteiger partial charge in [-0.05, 0) is 38.2 Å². The maximum absolute atomic E-state index is 12.8. The minimum atomic E-state index is -3.79. The van der Waals surface area contributed by atoms with Gasteiger partial charge in [-0.2, -0.15) is 4.31 Å². The van der Waals surface area contributed by atoms with E-state index in [1.807, 2.05) is 31.0 Å². The molecule has 9 heteroatoms. The van der Waals surface area contributed by atoms with Crippen LogP contribution < -0.4 is 4.74 Å². The number of benzene rings is 2. The molecule has 144 valence electrons. The van der Waals surface area contributed by atoms with Crippen molar-refractivity contribution < 1.29 is 18.1 Å². The summed E-state index contributed by atoms with van der Waals surface area (Å²) in [7, 11) is -1.87. The summed E-state index contributed by atoms with van der Waals surface area (Å²) >= 11 is 0. The molecule has 0 spiro atoms. The average Bonchev–Trinajstić information content (AvgIpc) is 2.64. The molecule has 1 fully saturated rings. The molecule has 2 aromatic rings. The first-order chi connectivity index (χ1) is 12.8. The Balaban J connectivity index is 1.91. The summed E-state index contributed by atoms with van der Waals surface area (Å²) in [6.45, 7) is 3.87. The molecule has 0 aliphatic carbocycles. The maximum atomic E-state index is 12.8. The number of nitrogens with zero attached hydrogens (tertiary/aromatic N) is 3. The van der Waals surface area contributed by atoms with Crippen molar-refractivity contribution in [2.45, 2.75) is 11.8 Å². The molecule has 0 saturated carbocycles. The predicted molar refractivity (Wildman–Crippen MR) is 101 cm³/mol. The van der Waals surface area contributed by atoms with Crippen molar-refractivity contribution >= 4 is 15.7 Å². The van der Waals surface area contributed by atoms with Gasteiger partial charge in [-0.1, -0.05) is 17.7 Å². The highest BCUT2D eigenvalue weighted by atomic mass is 32.2. The van der Waals surface area contributed by atoms with Gasteiger partial charge in [0, 0.05) is 32.2 Å². The monoisotopic (exact) mass is 391 g/mol. The highest BCUT2D eigenvalue weighted by molar-refractivity contribution is 7.89. The zero-order valence-corrected chi connectivity index (χ0v) is 16.0. The van der Waals surface area contributed by atoms with Crippen LogP contribution >= 0.6 is 0 Å². The second kappa shape index (κ2) is 7.63. The SMILES string of the molecule is Cc1ccc(Oc2ccc(S(=O)(=O)N3CCN(C)CC3)cc2[N+](=O)[O-])cc1. The number of nitro benzene ring substituents is 1. The number of piperazine rings is 1. The van der Waals surface area contributed by atoms with E-state index in [1.54, 1.807) is 12.1 Å². The van der Waals surface area contributed by atoms with E-state index in [1.165, 1.54) is 16.4 Å². The molecular formula is C18H21N3O5S. The quantitative estimate of drug-likeness (QED) is 0.575. The summed E-state index contributed by atoms with van der Waals surface area (Å²) in [5, 5.41) is 11.5. The van der Waals surface area contributed by atoms with Gasteiger partial charge in [0.1, 0.15) is 5.75 Å². The summed E-state index contributed by atoms with van der Waals surface area (Å²) in [6.07, 6.45) is 0. The van der Waals surface area contributed by atoms with E-state index in [-0.39, 0.29) is 16.3 Å². The van der Waals surface area contributed by atoms with E-state index in [4.69, 9.17) is 4.74 Å². The number of rotatable bonds is 5. The summed E-state index contributed by atoms with van der Waals surface area (Å²) < 4.78 is 32.6. The molecule has 0 bridgehead atoms. The smallest absolute Gasteiger partial charge is 0.312 e. The third kappa shape index (κ3) is 4.26. The van der Waals surface area contributed by atoms with Gasteiger partial charge < -0.3 is 9.64 Å². The minimum absolute atomic E-state index is 0.00109. The number of nitro groups is 1. The van der Waals surface area contributed by atoms with Crippen LogP contribution in [-0.2, 0) is 10.0 Å². The van der Waals surface area contributed by atoms with Crippen LogP contribution in [0.25, 0.3) is 0 Å². The molecule has 2 aromatic carbocycles. The minimum Gasteiger partial charge on any atom is -0.450 e. The largest absolute Gasteiger partial charge is 0.450 e. The second-order valence-electron chi connectivity index (χ2n) is 6.51. The first-order valence-corrected chi connectivity index (χ1v) is 9.93. The molecule has 8 nitrogen and oxygen atoms in total. The lowest BCUT2D eigenvalue weighted by molar-refractivity contribution is -0.385. The van der Waals surface area contributed by atoms with Crippen molar-refractivity contribution in [1.82, 2.24) is 9.21 Å². The number of sulfonamides is 1. The third-order valence-corrected chi connectivity index (χ3v) is 6.37. The molecule has 1 aliphatic heterocycles. The molecule has 0 radical (unpaired) electrons. The number of hydrogen-bond acceptors (Lipinski definition) is 6. The Bertz CT molecular complexity index is 936. The van der Waals surface area contributed by atoms with Gasteiger partial charge in [0.2, 0.25) is 15.8 Å². The normalized spacial score (nSPS) is 16.2. The number of ether oxygens (including phenoxy) is 1. The third-order valence-electron chi connectivity index (χ3n) is 4.48. The number of likely N-dealkylation sites (N-methyl/N-ethyl adjacent to an activating group) is 1. The molecule has 0 aromatic heterocycles. The molecular weight excluding hydrogens is 370 g/mol. The van der Waals surface area contributed by atoms with E-state index in [2.05, 4.69) is 0 Å². The lowest BCUT2D eigenvalue weighted by Gasteiger charge is -2.31. The van der Waals surface area contributed by atoms with E-state index in [0.717, 1.165) is 11.6 Å². The van der Waals surface area contributed by atoms with Crippen molar-refractivity contribution in [3.63, 3.8) is 0 Å². The lowest BCUT2D eigenvalue weighted by Crippen LogP contribution is -2.47. The molecule has 3 rings (SSSR count). The first kappa shape index (κ1) is 19.3. The Morgan fingerprint density at radius 1 is 1.04 bits per heavy atom. The van der Waals surface area contributed by atoms with Gasteiger partial charge in [-0.3, -0.25) is 10.1 Å². The fourth-order valence-electron chi connectivity index (χ4n) is 2.80. The van der Waals surface area contributed by atoms with Gasteiger partial charge in [-0.15, -0.1) is 0 Å². The molecule has 1 heterocycles. The molecule has 27 heavy (non-hydrogen) atoms. The Morgan fingerprint density at radius 3 is 2.26 bits per heavy atom. The summed E-state index contributed by atoms with van der Waals surface area (Å²) in [5.41, 5.74) is 0.649. The van der Waals surface area contributed by atoms with Gasteiger partial charge in [0.25, 0.3) is 0 Å². The molecule has 0 unspecified atom stereocenters. The van der Waals surface area contributed by atoms with Crippen molar-refractivity contribution in [1.29, 1.82) is 0 Å². The molecule has 0 N–H and O–H groups in total. The average molecular weight is 391 g/mol. The lowest BCUT2D eigenvalue weighted by atomic mass is 10.2. The first-order valence-electron chi connectivity index (χ1n) is 8.49. The van der Waals surface area contributed by atoms with Crippen LogP contribution in [0.1, 0.15) is 5.56 Å².